The first-order chi connectivity index (χ1) is 10.1. The molecule has 3 fully saturated rings. The van der Waals surface area contributed by atoms with Crippen LogP contribution in [-0.2, 0) is 0 Å². The van der Waals surface area contributed by atoms with E-state index in [4.69, 9.17) is 0 Å². The molecular weight excluding hydrogens is 262 g/mol. The molecule has 2 aliphatic heterocycles. The van der Waals surface area contributed by atoms with Crippen LogP contribution in [0.5, 0.6) is 0 Å². The Morgan fingerprint density at radius 2 is 1.81 bits per heavy atom. The minimum atomic E-state index is 0.166. The highest BCUT2D eigenvalue weighted by Crippen LogP contribution is 2.36. The van der Waals surface area contributed by atoms with Crippen LogP contribution in [-0.4, -0.2) is 53.6 Å². The summed E-state index contributed by atoms with van der Waals surface area (Å²) in [6.45, 7) is 9.54. The van der Waals surface area contributed by atoms with Crippen molar-refractivity contribution in [2.24, 2.45) is 11.8 Å². The second kappa shape index (κ2) is 6.15. The number of carbonyl (C=O) groups is 1. The Morgan fingerprint density at radius 3 is 2.48 bits per heavy atom. The third kappa shape index (κ3) is 3.36. The van der Waals surface area contributed by atoms with Crippen LogP contribution in [0.15, 0.2) is 0 Å². The van der Waals surface area contributed by atoms with E-state index in [2.05, 4.69) is 35.9 Å². The van der Waals surface area contributed by atoms with E-state index in [9.17, 15) is 4.79 Å². The smallest absolute Gasteiger partial charge is 0.317 e. The number of urea groups is 1. The minimum Gasteiger partial charge on any atom is -0.338 e. The maximum atomic E-state index is 12.4. The average molecular weight is 293 g/mol. The van der Waals surface area contributed by atoms with Crippen molar-refractivity contribution >= 4 is 6.03 Å². The Bertz CT molecular complexity index is 380. The molecule has 1 aliphatic carbocycles. The van der Waals surface area contributed by atoms with Crippen molar-refractivity contribution in [1.82, 2.24) is 15.1 Å². The van der Waals surface area contributed by atoms with Gasteiger partial charge < -0.3 is 10.2 Å². The Labute approximate surface area is 129 Å². The number of likely N-dealkylation sites (tertiary alicyclic amines) is 1. The molecule has 1 N–H and O–H groups in total. The van der Waals surface area contributed by atoms with Gasteiger partial charge in [-0.1, -0.05) is 6.92 Å². The summed E-state index contributed by atoms with van der Waals surface area (Å²) in [5, 5.41) is 3.17. The predicted octanol–water partition coefficient (Wildman–Crippen LogP) is 2.69. The van der Waals surface area contributed by atoms with Gasteiger partial charge in [-0.2, -0.15) is 0 Å². The van der Waals surface area contributed by atoms with E-state index in [1.54, 1.807) is 0 Å². The number of nitrogens with one attached hydrogen (secondary N) is 1. The van der Waals surface area contributed by atoms with Crippen molar-refractivity contribution in [1.29, 1.82) is 0 Å². The standard InChI is InChI=1S/C17H31N3O/c1-12(2)20-15-6-7-16(20)11-19(9-8-15)17(21)18-10-13(3)14-4-5-14/h12-16H,4-11H2,1-3H3,(H,18,21). The minimum absolute atomic E-state index is 0.166. The molecule has 3 unspecified atom stereocenters. The second-order valence-corrected chi connectivity index (χ2v) is 7.66. The quantitative estimate of drug-likeness (QED) is 0.865. The van der Waals surface area contributed by atoms with Crippen LogP contribution < -0.4 is 5.32 Å². The number of rotatable bonds is 4. The molecule has 4 heteroatoms. The van der Waals surface area contributed by atoms with Gasteiger partial charge in [0.15, 0.2) is 0 Å². The van der Waals surface area contributed by atoms with Gasteiger partial charge in [-0.3, -0.25) is 4.90 Å². The topological polar surface area (TPSA) is 35.6 Å². The molecule has 2 bridgehead atoms. The van der Waals surface area contributed by atoms with Gasteiger partial charge in [0.05, 0.1) is 0 Å². The number of carbonyl (C=O) groups excluding carboxylic acids is 1. The molecule has 4 nitrogen and oxygen atoms in total. The van der Waals surface area contributed by atoms with E-state index in [0.29, 0.717) is 24.0 Å². The molecular formula is C17H31N3O. The van der Waals surface area contributed by atoms with Gasteiger partial charge in [-0.15, -0.1) is 0 Å². The lowest BCUT2D eigenvalue weighted by Crippen LogP contribution is -2.47. The van der Waals surface area contributed by atoms with Crippen molar-refractivity contribution < 1.29 is 4.79 Å². The van der Waals surface area contributed by atoms with Gasteiger partial charge in [0.25, 0.3) is 0 Å². The molecule has 0 aromatic carbocycles. The lowest BCUT2D eigenvalue weighted by Gasteiger charge is -2.32. The molecule has 2 amide bonds. The summed E-state index contributed by atoms with van der Waals surface area (Å²) in [5.74, 6) is 1.51. The number of hydrogen-bond acceptors (Lipinski definition) is 2. The van der Waals surface area contributed by atoms with Crippen LogP contribution in [0.2, 0.25) is 0 Å². The molecule has 2 saturated heterocycles. The average Bonchev–Trinajstić information content (AvgIpc) is 3.21. The van der Waals surface area contributed by atoms with Gasteiger partial charge in [0.2, 0.25) is 0 Å². The van der Waals surface area contributed by atoms with Crippen LogP contribution in [0.1, 0.15) is 52.9 Å². The third-order valence-electron chi connectivity index (χ3n) is 5.73. The molecule has 3 atom stereocenters. The molecule has 120 valence electrons. The van der Waals surface area contributed by atoms with Crippen LogP contribution in [0, 0.1) is 11.8 Å². The fraction of sp³-hybridized carbons (Fsp3) is 0.941. The molecule has 21 heavy (non-hydrogen) atoms. The zero-order chi connectivity index (χ0) is 15.0. The summed E-state index contributed by atoms with van der Waals surface area (Å²) < 4.78 is 0. The largest absolute Gasteiger partial charge is 0.338 e. The summed E-state index contributed by atoms with van der Waals surface area (Å²) >= 11 is 0. The number of hydrogen-bond donors (Lipinski definition) is 1. The highest BCUT2D eigenvalue weighted by atomic mass is 16.2. The fourth-order valence-corrected chi connectivity index (χ4v) is 4.33. The van der Waals surface area contributed by atoms with E-state index in [1.807, 2.05) is 0 Å². The molecule has 2 heterocycles. The Balaban J connectivity index is 1.53. The van der Waals surface area contributed by atoms with Crippen LogP contribution >= 0.6 is 0 Å². The molecule has 3 rings (SSSR count). The number of amides is 2. The van der Waals surface area contributed by atoms with Crippen molar-refractivity contribution in [3.8, 4) is 0 Å². The first-order valence-corrected chi connectivity index (χ1v) is 8.86. The van der Waals surface area contributed by atoms with Crippen LogP contribution in [0.3, 0.4) is 0 Å². The lowest BCUT2D eigenvalue weighted by molar-refractivity contribution is 0.147. The van der Waals surface area contributed by atoms with E-state index < -0.39 is 0 Å². The molecule has 1 saturated carbocycles. The van der Waals surface area contributed by atoms with Crippen molar-refractivity contribution in [2.45, 2.75) is 71.0 Å². The van der Waals surface area contributed by atoms with Crippen LogP contribution in [0.25, 0.3) is 0 Å². The predicted molar refractivity (Wildman–Crippen MR) is 85.3 cm³/mol. The highest BCUT2D eigenvalue weighted by Gasteiger charge is 2.39. The molecule has 0 aromatic heterocycles. The first kappa shape index (κ1) is 15.1. The third-order valence-corrected chi connectivity index (χ3v) is 5.73. The molecule has 3 aliphatic rings. The normalized spacial score (nSPS) is 31.3. The van der Waals surface area contributed by atoms with E-state index in [0.717, 1.165) is 32.0 Å². The first-order valence-electron chi connectivity index (χ1n) is 8.86. The summed E-state index contributed by atoms with van der Waals surface area (Å²) in [6, 6.07) is 2.03. The fourth-order valence-electron chi connectivity index (χ4n) is 4.33. The Morgan fingerprint density at radius 1 is 1.10 bits per heavy atom. The summed E-state index contributed by atoms with van der Waals surface area (Å²) in [6.07, 6.45) is 6.42. The summed E-state index contributed by atoms with van der Waals surface area (Å²) in [4.78, 5) is 17.2. The maximum absolute atomic E-state index is 12.4. The summed E-state index contributed by atoms with van der Waals surface area (Å²) in [5.41, 5.74) is 0. The van der Waals surface area contributed by atoms with Gasteiger partial charge in [-0.25, -0.2) is 4.79 Å². The zero-order valence-electron chi connectivity index (χ0n) is 13.8. The van der Waals surface area contributed by atoms with Gasteiger partial charge >= 0.3 is 6.03 Å². The van der Waals surface area contributed by atoms with E-state index in [-0.39, 0.29) is 6.03 Å². The van der Waals surface area contributed by atoms with E-state index >= 15 is 0 Å². The maximum Gasteiger partial charge on any atom is 0.317 e. The van der Waals surface area contributed by atoms with Gasteiger partial charge in [-0.05, 0) is 57.8 Å². The second-order valence-electron chi connectivity index (χ2n) is 7.66. The van der Waals surface area contributed by atoms with Crippen molar-refractivity contribution in [2.75, 3.05) is 19.6 Å². The highest BCUT2D eigenvalue weighted by molar-refractivity contribution is 5.74. The molecule has 0 aromatic rings. The van der Waals surface area contributed by atoms with Crippen molar-refractivity contribution in [3.63, 3.8) is 0 Å². The molecule has 0 spiro atoms. The Kier molecular flexibility index (Phi) is 4.43. The lowest BCUT2D eigenvalue weighted by atomic mass is 10.1. The number of fused-ring (bicyclic) bond motifs is 2. The zero-order valence-corrected chi connectivity index (χ0v) is 13.8. The van der Waals surface area contributed by atoms with Crippen molar-refractivity contribution in [3.05, 3.63) is 0 Å². The SMILES string of the molecule is CC(CNC(=O)N1CCC2CCC(C1)N2C(C)C)C1CC1. The van der Waals surface area contributed by atoms with Gasteiger partial charge in [0, 0.05) is 37.8 Å². The summed E-state index contributed by atoms with van der Waals surface area (Å²) in [7, 11) is 0. The van der Waals surface area contributed by atoms with Gasteiger partial charge in [0.1, 0.15) is 0 Å². The number of nitrogens with zero attached hydrogens (tertiary/aromatic N) is 2. The van der Waals surface area contributed by atoms with Crippen LogP contribution in [0.4, 0.5) is 4.79 Å². The monoisotopic (exact) mass is 293 g/mol. The van der Waals surface area contributed by atoms with E-state index in [1.165, 1.54) is 25.7 Å². The molecule has 0 radical (unpaired) electrons. The Hall–Kier alpha value is -0.770.